The highest BCUT2D eigenvalue weighted by molar-refractivity contribution is 6.39. The lowest BCUT2D eigenvalue weighted by molar-refractivity contribution is -0.122. The second-order valence-electron chi connectivity index (χ2n) is 7.64. The fourth-order valence-electron chi connectivity index (χ4n) is 3.52. The van der Waals surface area contributed by atoms with Crippen LogP contribution in [-0.4, -0.2) is 36.0 Å². The number of urea groups is 1. The number of rotatable bonds is 7. The zero-order chi connectivity index (χ0) is 25.8. The first-order valence-corrected chi connectivity index (χ1v) is 10.6. The van der Waals surface area contributed by atoms with E-state index in [0.29, 0.717) is 27.5 Å². The third-order valence-corrected chi connectivity index (χ3v) is 5.24. The number of ether oxygens (including phenoxy) is 2. The van der Waals surface area contributed by atoms with Gasteiger partial charge in [0.2, 0.25) is 0 Å². The number of hydrogen-bond acceptors (Lipinski definition) is 6. The summed E-state index contributed by atoms with van der Waals surface area (Å²) in [4.78, 5) is 49.5. The lowest BCUT2D eigenvalue weighted by Gasteiger charge is -2.26. The van der Waals surface area contributed by atoms with Gasteiger partial charge in [0.05, 0.1) is 18.4 Å². The Morgan fingerprint density at radius 2 is 1.81 bits per heavy atom. The quantitative estimate of drug-likeness (QED) is 0.382. The van der Waals surface area contributed by atoms with Crippen LogP contribution in [0.3, 0.4) is 0 Å². The zero-order valence-corrected chi connectivity index (χ0v) is 18.9. The summed E-state index contributed by atoms with van der Waals surface area (Å²) >= 11 is 0. The van der Waals surface area contributed by atoms with Crippen molar-refractivity contribution in [1.29, 1.82) is 0 Å². The second-order valence-corrected chi connectivity index (χ2v) is 7.64. The van der Waals surface area contributed by atoms with Gasteiger partial charge in [-0.25, -0.2) is 18.9 Å². The molecule has 0 aliphatic carbocycles. The average Bonchev–Trinajstić information content (AvgIpc) is 2.85. The normalized spacial score (nSPS) is 14.6. The number of carboxylic acid groups (broad SMARTS) is 1. The molecule has 0 atom stereocenters. The second kappa shape index (κ2) is 10.1. The van der Waals surface area contributed by atoms with E-state index in [1.807, 2.05) is 0 Å². The molecule has 1 saturated heterocycles. The summed E-state index contributed by atoms with van der Waals surface area (Å²) < 4.78 is 24.8. The molecule has 2 N–H and O–H groups in total. The first kappa shape index (κ1) is 24.1. The van der Waals surface area contributed by atoms with Crippen molar-refractivity contribution in [3.8, 4) is 11.5 Å². The lowest BCUT2D eigenvalue weighted by atomic mass is 10.1. The fraction of sp³-hybridized carbons (Fsp3) is 0.0769. The molecule has 4 amide bonds. The minimum absolute atomic E-state index is 0.0239. The Kier molecular flexibility index (Phi) is 6.77. The molecule has 1 fully saturated rings. The van der Waals surface area contributed by atoms with Crippen LogP contribution in [0.15, 0.2) is 72.3 Å². The number of aromatic carboxylic acids is 1. The van der Waals surface area contributed by atoms with Gasteiger partial charge in [0.1, 0.15) is 18.0 Å². The molecule has 3 aromatic rings. The third-order valence-electron chi connectivity index (χ3n) is 5.24. The lowest BCUT2D eigenvalue weighted by Crippen LogP contribution is -2.54. The molecule has 3 aromatic carbocycles. The van der Waals surface area contributed by atoms with E-state index in [0.717, 1.165) is 12.1 Å². The molecule has 10 heteroatoms. The van der Waals surface area contributed by atoms with Crippen molar-refractivity contribution < 1.29 is 38.1 Å². The molecule has 0 aromatic heterocycles. The average molecular weight is 490 g/mol. The van der Waals surface area contributed by atoms with Crippen LogP contribution < -0.4 is 19.7 Å². The maximum Gasteiger partial charge on any atom is 0.335 e. The van der Waals surface area contributed by atoms with Crippen LogP contribution in [0.5, 0.6) is 11.5 Å². The maximum absolute atomic E-state index is 13.6. The number of nitrogens with zero attached hydrogens (tertiary/aromatic N) is 1. The van der Waals surface area contributed by atoms with Gasteiger partial charge >= 0.3 is 12.0 Å². The largest absolute Gasteiger partial charge is 0.493 e. The summed E-state index contributed by atoms with van der Waals surface area (Å²) in [5.74, 6) is -2.87. The standard InChI is InChI=1S/C26H19FN2O7/c1-35-22-12-15(8-9-21(22)36-14-16-4-2-5-17(10-16)25(32)33)11-20-23(30)28-26(34)29(24(20)31)19-7-3-6-18(27)13-19/h2-13H,14H2,1H3,(H,32,33)(H,28,30,34). The molecular weight excluding hydrogens is 471 g/mol. The molecule has 36 heavy (non-hydrogen) atoms. The first-order chi connectivity index (χ1) is 17.3. The predicted molar refractivity (Wildman–Crippen MR) is 126 cm³/mol. The van der Waals surface area contributed by atoms with E-state index in [2.05, 4.69) is 5.32 Å². The smallest absolute Gasteiger partial charge is 0.335 e. The Balaban J connectivity index is 1.58. The van der Waals surface area contributed by atoms with Gasteiger partial charge in [0.15, 0.2) is 11.5 Å². The molecular formula is C26H19FN2O7. The van der Waals surface area contributed by atoms with Crippen molar-refractivity contribution in [3.63, 3.8) is 0 Å². The van der Waals surface area contributed by atoms with Gasteiger partial charge in [-0.1, -0.05) is 24.3 Å². The van der Waals surface area contributed by atoms with Crippen molar-refractivity contribution >= 4 is 35.6 Å². The van der Waals surface area contributed by atoms with Crippen LogP contribution >= 0.6 is 0 Å². The van der Waals surface area contributed by atoms with Gasteiger partial charge in [-0.3, -0.25) is 14.9 Å². The summed E-state index contributed by atoms with van der Waals surface area (Å²) in [6.07, 6.45) is 1.28. The number of imide groups is 2. The highest BCUT2D eigenvalue weighted by atomic mass is 19.1. The SMILES string of the molecule is COc1cc(C=C2C(=O)NC(=O)N(c3cccc(F)c3)C2=O)ccc1OCc1cccc(C(=O)O)c1. The molecule has 1 heterocycles. The third kappa shape index (κ3) is 5.07. The fourth-order valence-corrected chi connectivity index (χ4v) is 3.52. The van der Waals surface area contributed by atoms with E-state index in [1.54, 1.807) is 24.3 Å². The topological polar surface area (TPSA) is 122 Å². The Hall–Kier alpha value is -4.99. The van der Waals surface area contributed by atoms with Crippen LogP contribution in [0.4, 0.5) is 14.9 Å². The van der Waals surface area contributed by atoms with Crippen molar-refractivity contribution in [1.82, 2.24) is 5.32 Å². The molecule has 0 saturated carbocycles. The first-order valence-electron chi connectivity index (χ1n) is 10.6. The number of anilines is 1. The van der Waals surface area contributed by atoms with Crippen LogP contribution in [0.25, 0.3) is 6.08 Å². The number of barbiturate groups is 1. The van der Waals surface area contributed by atoms with Crippen LogP contribution in [-0.2, 0) is 16.2 Å². The summed E-state index contributed by atoms with van der Waals surface area (Å²) in [6, 6.07) is 14.8. The van der Waals surface area contributed by atoms with Crippen molar-refractivity contribution in [2.24, 2.45) is 0 Å². The minimum atomic E-state index is -1.05. The van der Waals surface area contributed by atoms with Crippen molar-refractivity contribution in [2.45, 2.75) is 6.61 Å². The molecule has 9 nitrogen and oxygen atoms in total. The number of benzene rings is 3. The maximum atomic E-state index is 13.6. The number of halogens is 1. The van der Waals surface area contributed by atoms with E-state index in [4.69, 9.17) is 14.6 Å². The van der Waals surface area contributed by atoms with Gasteiger partial charge in [0.25, 0.3) is 11.8 Å². The highest BCUT2D eigenvalue weighted by Crippen LogP contribution is 2.30. The Morgan fingerprint density at radius 3 is 2.53 bits per heavy atom. The number of hydrogen-bond donors (Lipinski definition) is 2. The van der Waals surface area contributed by atoms with Crippen molar-refractivity contribution in [3.05, 3.63) is 94.8 Å². The van der Waals surface area contributed by atoms with Gasteiger partial charge in [-0.05, 0) is 59.7 Å². The number of nitrogens with one attached hydrogen (secondary N) is 1. The summed E-state index contributed by atoms with van der Waals surface area (Å²) in [5, 5.41) is 11.2. The summed E-state index contributed by atoms with van der Waals surface area (Å²) in [7, 11) is 1.41. The number of carbonyl (C=O) groups is 4. The summed E-state index contributed by atoms with van der Waals surface area (Å²) in [5.41, 5.74) is 0.810. The molecule has 182 valence electrons. The molecule has 1 aliphatic rings. The Bertz CT molecular complexity index is 1420. The Morgan fingerprint density at radius 1 is 1.03 bits per heavy atom. The zero-order valence-electron chi connectivity index (χ0n) is 18.9. The molecule has 0 spiro atoms. The molecule has 4 rings (SSSR count). The number of amides is 4. The molecule has 0 unspecified atom stereocenters. The van der Waals surface area contributed by atoms with Crippen LogP contribution in [0.1, 0.15) is 21.5 Å². The van der Waals surface area contributed by atoms with Crippen LogP contribution in [0.2, 0.25) is 0 Å². The van der Waals surface area contributed by atoms with E-state index in [1.165, 1.54) is 43.5 Å². The van der Waals surface area contributed by atoms with E-state index in [9.17, 15) is 23.6 Å². The molecule has 0 bridgehead atoms. The minimum Gasteiger partial charge on any atom is -0.493 e. The summed E-state index contributed by atoms with van der Waals surface area (Å²) in [6.45, 7) is 0.0729. The Labute approximate surface area is 204 Å². The van der Waals surface area contributed by atoms with Crippen molar-refractivity contribution in [2.75, 3.05) is 12.0 Å². The van der Waals surface area contributed by atoms with Gasteiger partial charge in [0, 0.05) is 0 Å². The molecule has 1 aliphatic heterocycles. The van der Waals surface area contributed by atoms with E-state index in [-0.39, 0.29) is 23.4 Å². The van der Waals surface area contributed by atoms with Gasteiger partial charge in [-0.15, -0.1) is 0 Å². The number of carbonyl (C=O) groups excluding carboxylic acids is 3. The molecule has 0 radical (unpaired) electrons. The monoisotopic (exact) mass is 490 g/mol. The van der Waals surface area contributed by atoms with E-state index < -0.39 is 29.6 Å². The van der Waals surface area contributed by atoms with Gasteiger partial charge < -0.3 is 14.6 Å². The highest BCUT2D eigenvalue weighted by Gasteiger charge is 2.37. The predicted octanol–water partition coefficient (Wildman–Crippen LogP) is 3.78. The van der Waals surface area contributed by atoms with Crippen LogP contribution in [0, 0.1) is 5.82 Å². The number of methoxy groups -OCH3 is 1. The number of carboxylic acids is 1. The van der Waals surface area contributed by atoms with Gasteiger partial charge in [-0.2, -0.15) is 0 Å². The van der Waals surface area contributed by atoms with E-state index >= 15 is 0 Å².